The Bertz CT molecular complexity index is 231. The molecule has 0 aromatic heterocycles. The first-order chi connectivity index (χ1) is 7.25. The van der Waals surface area contributed by atoms with Crippen molar-refractivity contribution in [3.05, 3.63) is 0 Å². The molecular weight excluding hydrogens is 224 g/mol. The van der Waals surface area contributed by atoms with Crippen LogP contribution in [0.5, 0.6) is 0 Å². The van der Waals surface area contributed by atoms with E-state index in [1.165, 1.54) is 25.7 Å². The topological polar surface area (TPSA) is 41.1 Å². The molecule has 2 N–H and O–H groups in total. The molecule has 2 unspecified atom stereocenters. The van der Waals surface area contributed by atoms with Crippen molar-refractivity contribution in [2.24, 2.45) is 11.8 Å². The minimum atomic E-state index is 0. The van der Waals surface area contributed by atoms with Crippen LogP contribution in [0.15, 0.2) is 0 Å². The van der Waals surface area contributed by atoms with Crippen LogP contribution in [-0.2, 0) is 4.79 Å². The van der Waals surface area contributed by atoms with E-state index in [0.29, 0.717) is 18.5 Å². The first-order valence-electron chi connectivity index (χ1n) is 6.26. The number of halogens is 1. The summed E-state index contributed by atoms with van der Waals surface area (Å²) in [5.74, 6) is 1.69. The number of carbonyl (C=O) groups excluding carboxylic acids is 1. The van der Waals surface area contributed by atoms with Crippen LogP contribution in [0.3, 0.4) is 0 Å². The maximum Gasteiger partial charge on any atom is 0.234 e. The number of carbonyl (C=O) groups is 1. The van der Waals surface area contributed by atoms with Crippen LogP contribution in [0.2, 0.25) is 0 Å². The van der Waals surface area contributed by atoms with Crippen LogP contribution >= 0.6 is 12.4 Å². The molecule has 0 aromatic rings. The molecule has 0 aliphatic heterocycles. The van der Waals surface area contributed by atoms with E-state index in [2.05, 4.69) is 17.6 Å². The van der Waals surface area contributed by atoms with E-state index in [4.69, 9.17) is 0 Å². The van der Waals surface area contributed by atoms with Gasteiger partial charge in [-0.3, -0.25) is 4.79 Å². The summed E-state index contributed by atoms with van der Waals surface area (Å²) in [6.45, 7) is 3.75. The van der Waals surface area contributed by atoms with E-state index in [0.717, 1.165) is 18.9 Å². The second kappa shape index (κ2) is 6.45. The highest BCUT2D eigenvalue weighted by Crippen LogP contribution is 2.27. The van der Waals surface area contributed by atoms with Gasteiger partial charge in [0.05, 0.1) is 6.54 Å². The zero-order chi connectivity index (χ0) is 10.7. The van der Waals surface area contributed by atoms with Gasteiger partial charge in [0.1, 0.15) is 0 Å². The van der Waals surface area contributed by atoms with Crippen LogP contribution < -0.4 is 10.6 Å². The molecular formula is C12H23ClN2O. The minimum absolute atomic E-state index is 0. The Kier molecular flexibility index (Phi) is 5.56. The maximum absolute atomic E-state index is 11.6. The molecule has 94 valence electrons. The van der Waals surface area contributed by atoms with Gasteiger partial charge in [-0.25, -0.2) is 0 Å². The molecule has 2 rings (SSSR count). The SMILES string of the molecule is CC1CCCC1NC(=O)CNCC1CC1.Cl. The molecule has 0 aromatic carbocycles. The van der Waals surface area contributed by atoms with Crippen molar-refractivity contribution in [1.82, 2.24) is 10.6 Å². The smallest absolute Gasteiger partial charge is 0.234 e. The predicted molar refractivity (Wildman–Crippen MR) is 67.8 cm³/mol. The van der Waals surface area contributed by atoms with Crippen LogP contribution in [0.25, 0.3) is 0 Å². The van der Waals surface area contributed by atoms with Crippen molar-refractivity contribution >= 4 is 18.3 Å². The van der Waals surface area contributed by atoms with Crippen molar-refractivity contribution < 1.29 is 4.79 Å². The summed E-state index contributed by atoms with van der Waals surface area (Å²) in [6.07, 6.45) is 6.38. The van der Waals surface area contributed by atoms with E-state index in [1.54, 1.807) is 0 Å². The number of nitrogens with one attached hydrogen (secondary N) is 2. The summed E-state index contributed by atoms with van der Waals surface area (Å²) in [5, 5.41) is 6.35. The quantitative estimate of drug-likeness (QED) is 0.776. The van der Waals surface area contributed by atoms with Gasteiger partial charge in [-0.15, -0.1) is 12.4 Å². The average Bonchev–Trinajstić information content (AvgIpc) is 2.93. The molecule has 2 aliphatic carbocycles. The molecule has 1 amide bonds. The van der Waals surface area contributed by atoms with Gasteiger partial charge < -0.3 is 10.6 Å². The number of rotatable bonds is 5. The highest BCUT2D eigenvalue weighted by Gasteiger charge is 2.25. The fraction of sp³-hybridized carbons (Fsp3) is 0.917. The Labute approximate surface area is 104 Å². The van der Waals surface area contributed by atoms with Gasteiger partial charge in [0, 0.05) is 6.04 Å². The molecule has 2 saturated carbocycles. The van der Waals surface area contributed by atoms with Crippen LogP contribution in [-0.4, -0.2) is 25.0 Å². The normalized spacial score (nSPS) is 28.6. The zero-order valence-electron chi connectivity index (χ0n) is 10.00. The molecule has 0 saturated heterocycles. The molecule has 0 heterocycles. The number of hydrogen-bond acceptors (Lipinski definition) is 2. The van der Waals surface area contributed by atoms with Gasteiger partial charge in [0.2, 0.25) is 5.91 Å². The molecule has 0 spiro atoms. The molecule has 3 nitrogen and oxygen atoms in total. The van der Waals surface area contributed by atoms with Crippen LogP contribution in [0.1, 0.15) is 39.0 Å². The van der Waals surface area contributed by atoms with Crippen molar-refractivity contribution in [3.63, 3.8) is 0 Å². The standard InChI is InChI=1S/C12H22N2O.ClH/c1-9-3-2-4-11(9)14-12(15)8-13-7-10-5-6-10;/h9-11,13H,2-8H2,1H3,(H,14,15);1H. The Morgan fingerprint density at radius 2 is 2.00 bits per heavy atom. The van der Waals surface area contributed by atoms with Gasteiger partial charge >= 0.3 is 0 Å². The molecule has 2 aliphatic rings. The van der Waals surface area contributed by atoms with Crippen molar-refractivity contribution in [2.45, 2.75) is 45.1 Å². The lowest BCUT2D eigenvalue weighted by Gasteiger charge is -2.17. The molecule has 16 heavy (non-hydrogen) atoms. The van der Waals surface area contributed by atoms with Gasteiger partial charge in [0.15, 0.2) is 0 Å². The average molecular weight is 247 g/mol. The summed E-state index contributed by atoms with van der Waals surface area (Å²) in [4.78, 5) is 11.6. The van der Waals surface area contributed by atoms with Gasteiger partial charge in [-0.2, -0.15) is 0 Å². The summed E-state index contributed by atoms with van der Waals surface area (Å²) in [5.41, 5.74) is 0. The van der Waals surface area contributed by atoms with E-state index in [9.17, 15) is 4.79 Å². The highest BCUT2D eigenvalue weighted by atomic mass is 35.5. The Morgan fingerprint density at radius 1 is 1.25 bits per heavy atom. The lowest BCUT2D eigenvalue weighted by Crippen LogP contribution is -2.41. The summed E-state index contributed by atoms with van der Waals surface area (Å²) < 4.78 is 0. The largest absolute Gasteiger partial charge is 0.352 e. The third-order valence-electron chi connectivity index (χ3n) is 3.62. The lowest BCUT2D eigenvalue weighted by molar-refractivity contribution is -0.121. The van der Waals surface area contributed by atoms with Crippen LogP contribution in [0.4, 0.5) is 0 Å². The third kappa shape index (κ3) is 4.30. The van der Waals surface area contributed by atoms with Crippen molar-refractivity contribution in [2.75, 3.05) is 13.1 Å². The summed E-state index contributed by atoms with van der Waals surface area (Å²) >= 11 is 0. The zero-order valence-corrected chi connectivity index (χ0v) is 10.8. The monoisotopic (exact) mass is 246 g/mol. The van der Waals surface area contributed by atoms with Gasteiger partial charge in [-0.1, -0.05) is 13.3 Å². The highest BCUT2D eigenvalue weighted by molar-refractivity contribution is 5.85. The number of amides is 1. The van der Waals surface area contributed by atoms with Crippen molar-refractivity contribution in [1.29, 1.82) is 0 Å². The first kappa shape index (κ1) is 13.8. The molecule has 2 atom stereocenters. The second-order valence-electron chi connectivity index (χ2n) is 5.16. The van der Waals surface area contributed by atoms with Gasteiger partial charge in [0.25, 0.3) is 0 Å². The Hall–Kier alpha value is -0.280. The summed E-state index contributed by atoms with van der Waals surface area (Å²) in [7, 11) is 0. The van der Waals surface area contributed by atoms with Gasteiger partial charge in [-0.05, 0) is 44.1 Å². The van der Waals surface area contributed by atoms with E-state index in [1.807, 2.05) is 0 Å². The Balaban J connectivity index is 0.00000128. The fourth-order valence-electron chi connectivity index (χ4n) is 2.33. The predicted octanol–water partition coefficient (Wildman–Crippen LogP) is 1.71. The minimum Gasteiger partial charge on any atom is -0.352 e. The molecule has 0 bridgehead atoms. The van der Waals surface area contributed by atoms with E-state index >= 15 is 0 Å². The summed E-state index contributed by atoms with van der Waals surface area (Å²) in [6, 6.07) is 0.431. The molecule has 2 fully saturated rings. The first-order valence-corrected chi connectivity index (χ1v) is 6.26. The second-order valence-corrected chi connectivity index (χ2v) is 5.16. The number of hydrogen-bond donors (Lipinski definition) is 2. The maximum atomic E-state index is 11.6. The van der Waals surface area contributed by atoms with Crippen LogP contribution in [0, 0.1) is 11.8 Å². The lowest BCUT2D eigenvalue weighted by atomic mass is 10.1. The van der Waals surface area contributed by atoms with Crippen molar-refractivity contribution in [3.8, 4) is 0 Å². The van der Waals surface area contributed by atoms with E-state index < -0.39 is 0 Å². The third-order valence-corrected chi connectivity index (χ3v) is 3.62. The molecule has 4 heteroatoms. The fourth-order valence-corrected chi connectivity index (χ4v) is 2.33. The van der Waals surface area contributed by atoms with E-state index in [-0.39, 0.29) is 18.3 Å². The Morgan fingerprint density at radius 3 is 2.56 bits per heavy atom. The molecule has 0 radical (unpaired) electrons.